The molecule has 0 atom stereocenters. The van der Waals surface area contributed by atoms with Crippen molar-refractivity contribution in [3.05, 3.63) is 0 Å². The van der Waals surface area contributed by atoms with Gasteiger partial charge in [0.05, 0.1) is 5.75 Å². The topological polar surface area (TPSA) is 58.2 Å². The second-order valence-electron chi connectivity index (χ2n) is 5.46. The summed E-state index contributed by atoms with van der Waals surface area (Å²) in [4.78, 5) is 0. The van der Waals surface area contributed by atoms with E-state index >= 15 is 0 Å². The molecule has 2 saturated carbocycles. The summed E-state index contributed by atoms with van der Waals surface area (Å²) >= 11 is 1.82. The lowest BCUT2D eigenvalue weighted by Crippen LogP contribution is -2.41. The van der Waals surface area contributed by atoms with Crippen molar-refractivity contribution in [2.24, 2.45) is 0 Å². The van der Waals surface area contributed by atoms with Crippen LogP contribution in [0.25, 0.3) is 0 Å². The molecule has 0 aliphatic heterocycles. The smallest absolute Gasteiger partial charge is 0.212 e. The predicted octanol–water partition coefficient (Wildman–Crippen LogP) is 1.33. The Labute approximate surface area is 115 Å². The summed E-state index contributed by atoms with van der Waals surface area (Å²) < 4.78 is 26.7. The highest BCUT2D eigenvalue weighted by Crippen LogP contribution is 2.39. The molecule has 0 amide bonds. The third kappa shape index (κ3) is 4.40. The fourth-order valence-electron chi connectivity index (χ4n) is 2.47. The summed E-state index contributed by atoms with van der Waals surface area (Å²) in [5.74, 6) is 0.202. The van der Waals surface area contributed by atoms with Gasteiger partial charge >= 0.3 is 0 Å². The molecule has 0 aromatic rings. The zero-order valence-electron chi connectivity index (χ0n) is 11.1. The first-order valence-corrected chi connectivity index (χ1v) is 9.69. The van der Waals surface area contributed by atoms with E-state index in [4.69, 9.17) is 0 Å². The van der Waals surface area contributed by atoms with Crippen LogP contribution in [0.4, 0.5) is 0 Å². The number of rotatable bonds is 8. The highest BCUT2D eigenvalue weighted by molar-refractivity contribution is 8.00. The number of nitrogens with one attached hydrogen (secondary N) is 2. The average Bonchev–Trinajstić information content (AvgIpc) is 3.04. The van der Waals surface area contributed by atoms with Crippen LogP contribution >= 0.6 is 11.8 Å². The van der Waals surface area contributed by atoms with Crippen LogP contribution < -0.4 is 10.0 Å². The summed E-state index contributed by atoms with van der Waals surface area (Å²) in [6.45, 7) is 1.17. The maximum atomic E-state index is 11.9. The van der Waals surface area contributed by atoms with Crippen molar-refractivity contribution >= 4 is 21.8 Å². The van der Waals surface area contributed by atoms with Gasteiger partial charge in [-0.2, -0.15) is 11.8 Å². The fourth-order valence-corrected chi connectivity index (χ4v) is 4.50. The second kappa shape index (κ2) is 6.11. The van der Waals surface area contributed by atoms with Crippen molar-refractivity contribution in [2.75, 3.05) is 25.1 Å². The van der Waals surface area contributed by atoms with Gasteiger partial charge in [0.2, 0.25) is 10.0 Å². The molecule has 0 aromatic carbocycles. The van der Waals surface area contributed by atoms with Crippen molar-refractivity contribution < 1.29 is 8.42 Å². The number of sulfonamides is 1. The van der Waals surface area contributed by atoms with Gasteiger partial charge in [-0.3, -0.25) is 0 Å². The Morgan fingerprint density at radius 3 is 2.50 bits per heavy atom. The van der Waals surface area contributed by atoms with Gasteiger partial charge in [0.1, 0.15) is 0 Å². The first-order valence-electron chi connectivity index (χ1n) is 6.81. The largest absolute Gasteiger partial charge is 0.313 e. The zero-order chi connectivity index (χ0) is 13.1. The van der Waals surface area contributed by atoms with Crippen LogP contribution in [0.3, 0.4) is 0 Å². The van der Waals surface area contributed by atoms with E-state index in [1.165, 1.54) is 25.7 Å². The minimum Gasteiger partial charge on any atom is -0.313 e. The van der Waals surface area contributed by atoms with Crippen molar-refractivity contribution in [1.29, 1.82) is 0 Å². The maximum absolute atomic E-state index is 11.9. The molecule has 2 rings (SSSR count). The first kappa shape index (κ1) is 14.6. The summed E-state index contributed by atoms with van der Waals surface area (Å²) in [5, 5.41) is 3.24. The Balaban J connectivity index is 1.72. The normalized spacial score (nSPS) is 23.4. The molecule has 0 heterocycles. The minimum atomic E-state index is -3.11. The van der Waals surface area contributed by atoms with E-state index in [-0.39, 0.29) is 10.5 Å². The zero-order valence-corrected chi connectivity index (χ0v) is 12.7. The first-order chi connectivity index (χ1) is 8.55. The molecule has 106 valence electrons. The van der Waals surface area contributed by atoms with E-state index < -0.39 is 10.0 Å². The Bertz CT molecular complexity index is 360. The molecule has 4 nitrogen and oxygen atoms in total. The lowest BCUT2D eigenvalue weighted by molar-refractivity contribution is 0.548. The van der Waals surface area contributed by atoms with Crippen LogP contribution in [-0.4, -0.2) is 44.3 Å². The molecule has 2 fully saturated rings. The Morgan fingerprint density at radius 2 is 1.94 bits per heavy atom. The standard InChI is InChI=1S/C12H24N2O2S2/c1-17-12(6-2-3-7-12)10-14-18(15,16)9-8-13-11-4-5-11/h11,13-14H,2-10H2,1H3. The van der Waals surface area contributed by atoms with E-state index in [2.05, 4.69) is 16.3 Å². The SMILES string of the molecule is CSC1(CNS(=O)(=O)CCNC2CC2)CCCC1. The fraction of sp³-hybridized carbons (Fsp3) is 1.00. The monoisotopic (exact) mass is 292 g/mol. The molecule has 18 heavy (non-hydrogen) atoms. The molecular formula is C12H24N2O2S2. The van der Waals surface area contributed by atoms with E-state index in [1.807, 2.05) is 11.8 Å². The van der Waals surface area contributed by atoms with Gasteiger partial charge in [-0.05, 0) is 31.9 Å². The highest BCUT2D eigenvalue weighted by atomic mass is 32.2. The van der Waals surface area contributed by atoms with Gasteiger partial charge < -0.3 is 5.32 Å². The van der Waals surface area contributed by atoms with Crippen LogP contribution in [0, 0.1) is 0 Å². The molecule has 0 spiro atoms. The Morgan fingerprint density at radius 1 is 1.28 bits per heavy atom. The summed E-state index contributed by atoms with van der Waals surface area (Å²) in [5.41, 5.74) is 0. The average molecular weight is 292 g/mol. The lowest BCUT2D eigenvalue weighted by atomic mass is 10.1. The molecule has 0 saturated heterocycles. The van der Waals surface area contributed by atoms with Gasteiger partial charge in [0.15, 0.2) is 0 Å². The van der Waals surface area contributed by atoms with Crippen LogP contribution in [0.15, 0.2) is 0 Å². The van der Waals surface area contributed by atoms with E-state index in [9.17, 15) is 8.42 Å². The van der Waals surface area contributed by atoms with Crippen molar-refractivity contribution in [2.45, 2.75) is 49.3 Å². The van der Waals surface area contributed by atoms with Crippen LogP contribution in [0.1, 0.15) is 38.5 Å². The molecular weight excluding hydrogens is 268 g/mol. The number of hydrogen-bond donors (Lipinski definition) is 2. The number of thioether (sulfide) groups is 1. The summed E-state index contributed by atoms with van der Waals surface area (Å²) in [6, 6.07) is 0.576. The van der Waals surface area contributed by atoms with Gasteiger partial charge in [0, 0.05) is 23.9 Å². The van der Waals surface area contributed by atoms with Crippen molar-refractivity contribution in [3.8, 4) is 0 Å². The van der Waals surface area contributed by atoms with Crippen molar-refractivity contribution in [3.63, 3.8) is 0 Å². The van der Waals surface area contributed by atoms with Crippen LogP contribution in [-0.2, 0) is 10.0 Å². The van der Waals surface area contributed by atoms with Gasteiger partial charge in [0.25, 0.3) is 0 Å². The second-order valence-corrected chi connectivity index (χ2v) is 8.66. The minimum absolute atomic E-state index is 0.150. The molecule has 0 unspecified atom stereocenters. The predicted molar refractivity (Wildman–Crippen MR) is 77.5 cm³/mol. The summed E-state index contributed by atoms with van der Waals surface area (Å²) in [7, 11) is -3.11. The third-order valence-electron chi connectivity index (χ3n) is 3.94. The maximum Gasteiger partial charge on any atom is 0.212 e. The third-order valence-corrected chi connectivity index (χ3v) is 6.69. The Kier molecular flexibility index (Phi) is 4.97. The summed E-state index contributed by atoms with van der Waals surface area (Å²) in [6.07, 6.45) is 9.21. The van der Waals surface area contributed by atoms with E-state index in [0.29, 0.717) is 19.1 Å². The van der Waals surface area contributed by atoms with Gasteiger partial charge in [-0.1, -0.05) is 12.8 Å². The van der Waals surface area contributed by atoms with Gasteiger partial charge in [-0.15, -0.1) is 0 Å². The molecule has 2 aliphatic carbocycles. The molecule has 2 aliphatic rings. The number of hydrogen-bond acceptors (Lipinski definition) is 4. The van der Waals surface area contributed by atoms with Crippen molar-refractivity contribution in [1.82, 2.24) is 10.0 Å². The van der Waals surface area contributed by atoms with Crippen LogP contribution in [0.5, 0.6) is 0 Å². The molecule has 0 radical (unpaired) electrons. The lowest BCUT2D eigenvalue weighted by Gasteiger charge is -2.26. The highest BCUT2D eigenvalue weighted by Gasteiger charge is 2.34. The Hall–Kier alpha value is 0.220. The molecule has 0 bridgehead atoms. The molecule has 2 N–H and O–H groups in total. The molecule has 6 heteroatoms. The van der Waals surface area contributed by atoms with Crippen LogP contribution in [0.2, 0.25) is 0 Å². The van der Waals surface area contributed by atoms with E-state index in [0.717, 1.165) is 12.8 Å². The molecule has 0 aromatic heterocycles. The van der Waals surface area contributed by atoms with Gasteiger partial charge in [-0.25, -0.2) is 13.1 Å². The quantitative estimate of drug-likeness (QED) is 0.709. The van der Waals surface area contributed by atoms with E-state index in [1.54, 1.807) is 0 Å².